The Balaban J connectivity index is 2.38. The Hall–Kier alpha value is -1.56. The molecule has 0 bridgehead atoms. The standard InChI is InChI=1S/C13H17NO4S/c1-10(15)13-11(4-3-5-12(13)18-2)14-6-8-19(16,17)9-7-14/h3-5H,6-9H2,1-2H3. The van der Waals surface area contributed by atoms with Gasteiger partial charge in [-0.3, -0.25) is 4.79 Å². The Kier molecular flexibility index (Phi) is 3.80. The van der Waals surface area contributed by atoms with Crippen molar-refractivity contribution in [3.8, 4) is 5.75 Å². The highest BCUT2D eigenvalue weighted by Gasteiger charge is 2.25. The van der Waals surface area contributed by atoms with Crippen molar-refractivity contribution >= 4 is 21.3 Å². The first-order valence-corrected chi connectivity index (χ1v) is 7.90. The van der Waals surface area contributed by atoms with Gasteiger partial charge in [-0.2, -0.15) is 0 Å². The first-order valence-electron chi connectivity index (χ1n) is 6.08. The van der Waals surface area contributed by atoms with Crippen LogP contribution in [0.25, 0.3) is 0 Å². The van der Waals surface area contributed by atoms with Gasteiger partial charge in [-0.25, -0.2) is 8.42 Å². The van der Waals surface area contributed by atoms with Crippen molar-refractivity contribution in [2.75, 3.05) is 36.6 Å². The van der Waals surface area contributed by atoms with E-state index < -0.39 is 9.84 Å². The van der Waals surface area contributed by atoms with Crippen molar-refractivity contribution in [1.82, 2.24) is 0 Å². The highest BCUT2D eigenvalue weighted by Crippen LogP contribution is 2.30. The minimum absolute atomic E-state index is 0.0825. The fourth-order valence-electron chi connectivity index (χ4n) is 2.26. The van der Waals surface area contributed by atoms with E-state index in [1.807, 2.05) is 17.0 Å². The molecule has 6 heteroatoms. The highest BCUT2D eigenvalue weighted by atomic mass is 32.2. The van der Waals surface area contributed by atoms with Crippen molar-refractivity contribution in [3.05, 3.63) is 23.8 Å². The van der Waals surface area contributed by atoms with Gasteiger partial charge in [0.1, 0.15) is 5.75 Å². The van der Waals surface area contributed by atoms with E-state index >= 15 is 0 Å². The van der Waals surface area contributed by atoms with Crippen LogP contribution >= 0.6 is 0 Å². The number of nitrogens with zero attached hydrogens (tertiary/aromatic N) is 1. The molecule has 0 N–H and O–H groups in total. The van der Waals surface area contributed by atoms with Crippen LogP contribution in [0.3, 0.4) is 0 Å². The number of carbonyl (C=O) groups is 1. The van der Waals surface area contributed by atoms with Crippen LogP contribution in [0.1, 0.15) is 17.3 Å². The smallest absolute Gasteiger partial charge is 0.165 e. The lowest BCUT2D eigenvalue weighted by Gasteiger charge is -2.30. The summed E-state index contributed by atoms with van der Waals surface area (Å²) in [5.41, 5.74) is 1.27. The second kappa shape index (κ2) is 5.21. The highest BCUT2D eigenvalue weighted by molar-refractivity contribution is 7.91. The van der Waals surface area contributed by atoms with Crippen molar-refractivity contribution in [1.29, 1.82) is 0 Å². The number of hydrogen-bond acceptors (Lipinski definition) is 5. The summed E-state index contributed by atoms with van der Waals surface area (Å²) < 4.78 is 28.1. The van der Waals surface area contributed by atoms with E-state index in [9.17, 15) is 13.2 Å². The number of sulfone groups is 1. The summed E-state index contributed by atoms with van der Waals surface area (Å²) in [6.45, 7) is 2.31. The fraction of sp³-hybridized carbons (Fsp3) is 0.462. The monoisotopic (exact) mass is 283 g/mol. The lowest BCUT2D eigenvalue weighted by atomic mass is 10.1. The van der Waals surface area contributed by atoms with Gasteiger partial charge in [-0.1, -0.05) is 6.07 Å². The number of benzene rings is 1. The topological polar surface area (TPSA) is 63.7 Å². The summed E-state index contributed by atoms with van der Waals surface area (Å²) in [6, 6.07) is 5.38. The van der Waals surface area contributed by atoms with Crippen LogP contribution in [0.4, 0.5) is 5.69 Å². The largest absolute Gasteiger partial charge is 0.496 e. The molecule has 0 saturated carbocycles. The number of Topliss-reactive ketones (excluding diaryl/α,β-unsaturated/α-hetero) is 1. The second-order valence-electron chi connectivity index (χ2n) is 4.55. The van der Waals surface area contributed by atoms with Crippen LogP contribution < -0.4 is 9.64 Å². The molecule has 0 aliphatic carbocycles. The molecule has 2 rings (SSSR count). The number of anilines is 1. The van der Waals surface area contributed by atoms with E-state index in [1.165, 1.54) is 14.0 Å². The molecule has 1 heterocycles. The number of ether oxygens (including phenoxy) is 1. The van der Waals surface area contributed by atoms with Gasteiger partial charge in [0.25, 0.3) is 0 Å². The minimum Gasteiger partial charge on any atom is -0.496 e. The van der Waals surface area contributed by atoms with Gasteiger partial charge in [-0.05, 0) is 19.1 Å². The van der Waals surface area contributed by atoms with Crippen molar-refractivity contribution in [2.45, 2.75) is 6.92 Å². The van der Waals surface area contributed by atoms with E-state index in [0.717, 1.165) is 5.69 Å². The van der Waals surface area contributed by atoms with E-state index in [4.69, 9.17) is 4.74 Å². The lowest BCUT2D eigenvalue weighted by Crippen LogP contribution is -2.40. The fourth-order valence-corrected chi connectivity index (χ4v) is 3.46. The van der Waals surface area contributed by atoms with Crippen molar-refractivity contribution in [3.63, 3.8) is 0 Å². The molecule has 0 spiro atoms. The Morgan fingerprint density at radius 2 is 1.89 bits per heavy atom. The molecule has 0 unspecified atom stereocenters. The predicted molar refractivity (Wildman–Crippen MR) is 73.9 cm³/mol. The van der Waals surface area contributed by atoms with Gasteiger partial charge in [0.2, 0.25) is 0 Å². The molecule has 0 radical (unpaired) electrons. The molecule has 1 aliphatic heterocycles. The molecular formula is C13H17NO4S. The second-order valence-corrected chi connectivity index (χ2v) is 6.85. The lowest BCUT2D eigenvalue weighted by molar-refractivity contribution is 0.101. The number of ketones is 1. The first-order chi connectivity index (χ1) is 8.94. The third kappa shape index (κ3) is 2.89. The molecule has 19 heavy (non-hydrogen) atoms. The summed E-state index contributed by atoms with van der Waals surface area (Å²) in [4.78, 5) is 13.7. The normalized spacial score (nSPS) is 18.1. The average Bonchev–Trinajstić information content (AvgIpc) is 2.37. The molecular weight excluding hydrogens is 266 g/mol. The van der Waals surface area contributed by atoms with Gasteiger partial charge in [0, 0.05) is 13.1 Å². The van der Waals surface area contributed by atoms with Crippen LogP contribution in [0.15, 0.2) is 18.2 Å². The molecule has 0 aromatic heterocycles. The summed E-state index contributed by atoms with van der Waals surface area (Å²) in [7, 11) is -1.41. The SMILES string of the molecule is COc1cccc(N2CCS(=O)(=O)CC2)c1C(C)=O. The third-order valence-corrected chi connectivity index (χ3v) is 4.87. The van der Waals surface area contributed by atoms with Gasteiger partial charge >= 0.3 is 0 Å². The molecule has 0 atom stereocenters. The molecule has 1 aromatic carbocycles. The first kappa shape index (κ1) is 13.9. The minimum atomic E-state index is -2.93. The third-order valence-electron chi connectivity index (χ3n) is 3.26. The molecule has 104 valence electrons. The van der Waals surface area contributed by atoms with Crippen LogP contribution in [-0.4, -0.2) is 45.9 Å². The quantitative estimate of drug-likeness (QED) is 0.778. The van der Waals surface area contributed by atoms with Crippen LogP contribution in [-0.2, 0) is 9.84 Å². The van der Waals surface area contributed by atoms with Crippen LogP contribution in [0.2, 0.25) is 0 Å². The van der Waals surface area contributed by atoms with Crippen molar-refractivity contribution in [2.24, 2.45) is 0 Å². The van der Waals surface area contributed by atoms with Crippen LogP contribution in [0.5, 0.6) is 5.75 Å². The Morgan fingerprint density at radius 3 is 2.42 bits per heavy atom. The number of carbonyl (C=O) groups excluding carboxylic acids is 1. The van der Waals surface area contributed by atoms with Crippen LogP contribution in [0, 0.1) is 0 Å². The maximum atomic E-state index is 11.8. The van der Waals surface area contributed by atoms with Gasteiger partial charge in [-0.15, -0.1) is 0 Å². The maximum Gasteiger partial charge on any atom is 0.165 e. The summed E-state index contributed by atoms with van der Waals surface area (Å²) in [6.07, 6.45) is 0. The Labute approximate surface area is 113 Å². The predicted octanol–water partition coefficient (Wildman–Crippen LogP) is 1.13. The number of hydrogen-bond donors (Lipinski definition) is 0. The molecule has 0 amide bonds. The molecule has 1 fully saturated rings. The van der Waals surface area contributed by atoms with Gasteiger partial charge < -0.3 is 9.64 Å². The van der Waals surface area contributed by atoms with E-state index in [1.54, 1.807) is 6.07 Å². The van der Waals surface area contributed by atoms with Crippen molar-refractivity contribution < 1.29 is 17.9 Å². The van der Waals surface area contributed by atoms with Gasteiger partial charge in [0.15, 0.2) is 15.6 Å². The Bertz CT molecular complexity index is 581. The summed E-state index contributed by atoms with van der Waals surface area (Å²) in [5.74, 6) is 0.697. The average molecular weight is 283 g/mol. The molecule has 1 saturated heterocycles. The van der Waals surface area contributed by atoms with E-state index in [0.29, 0.717) is 24.4 Å². The Morgan fingerprint density at radius 1 is 1.26 bits per heavy atom. The summed E-state index contributed by atoms with van der Waals surface area (Å²) >= 11 is 0. The zero-order chi connectivity index (χ0) is 14.0. The maximum absolute atomic E-state index is 11.8. The molecule has 5 nitrogen and oxygen atoms in total. The zero-order valence-corrected chi connectivity index (χ0v) is 11.9. The number of rotatable bonds is 3. The van der Waals surface area contributed by atoms with E-state index in [2.05, 4.69) is 0 Å². The molecule has 1 aliphatic rings. The zero-order valence-electron chi connectivity index (χ0n) is 11.0. The molecule has 1 aromatic rings. The van der Waals surface area contributed by atoms with E-state index in [-0.39, 0.29) is 17.3 Å². The van der Waals surface area contributed by atoms with Gasteiger partial charge in [0.05, 0.1) is 29.9 Å². The number of methoxy groups -OCH3 is 1. The summed E-state index contributed by atoms with van der Waals surface area (Å²) in [5, 5.41) is 0.